The van der Waals surface area contributed by atoms with Gasteiger partial charge in [0.05, 0.1) is 11.9 Å². The minimum atomic E-state index is -3.91. The molecule has 3 aromatic rings. The summed E-state index contributed by atoms with van der Waals surface area (Å²) >= 11 is 19.1. The van der Waals surface area contributed by atoms with E-state index in [4.69, 9.17) is 34.8 Å². The van der Waals surface area contributed by atoms with Crippen LogP contribution in [0.25, 0.3) is 0 Å². The first-order valence-corrected chi connectivity index (χ1v) is 15.5. The van der Waals surface area contributed by atoms with Crippen LogP contribution in [0.3, 0.4) is 0 Å². The molecule has 40 heavy (non-hydrogen) atoms. The van der Waals surface area contributed by atoms with E-state index >= 15 is 0 Å². The summed E-state index contributed by atoms with van der Waals surface area (Å²) < 4.78 is 26.6. The van der Waals surface area contributed by atoms with E-state index in [0.29, 0.717) is 20.6 Å². The van der Waals surface area contributed by atoms with Gasteiger partial charge in [-0.1, -0.05) is 77.3 Å². The molecular formula is C29H32Cl3N3O4S. The molecule has 11 heteroatoms. The molecule has 0 aliphatic carbocycles. The Morgan fingerprint density at radius 1 is 0.900 bits per heavy atom. The van der Waals surface area contributed by atoms with Gasteiger partial charge in [0.25, 0.3) is 0 Å². The molecule has 0 unspecified atom stereocenters. The van der Waals surface area contributed by atoms with Crippen molar-refractivity contribution in [1.29, 1.82) is 0 Å². The lowest BCUT2D eigenvalue weighted by molar-refractivity contribution is -0.140. The fourth-order valence-electron chi connectivity index (χ4n) is 4.11. The summed E-state index contributed by atoms with van der Waals surface area (Å²) in [5, 5.41) is 3.90. The molecule has 0 bridgehead atoms. The number of hydrogen-bond donors (Lipinski definition) is 1. The third-order valence-electron chi connectivity index (χ3n) is 5.93. The number of carbonyl (C=O) groups is 2. The van der Waals surface area contributed by atoms with Crippen molar-refractivity contribution in [2.75, 3.05) is 17.1 Å². The zero-order valence-corrected chi connectivity index (χ0v) is 25.8. The number of sulfonamides is 1. The zero-order chi connectivity index (χ0) is 29.7. The summed E-state index contributed by atoms with van der Waals surface area (Å²) in [6, 6.07) is 19.4. The number of halogens is 3. The Bertz CT molecular complexity index is 1440. The standard InChI is InChI=1S/C29H32Cl3N3O4S/c1-29(2,3)33-28(37)26(16-20-10-6-5-7-11-20)34(18-23-24(31)14-9-15-25(23)32)27(36)19-35(40(4,38)39)22-13-8-12-21(30)17-22/h5-15,17,26H,16,18-19H2,1-4H3,(H,33,37)/t26-/m1/s1. The van der Waals surface area contributed by atoms with Crippen molar-refractivity contribution < 1.29 is 18.0 Å². The van der Waals surface area contributed by atoms with Crippen LogP contribution in [0.1, 0.15) is 31.9 Å². The zero-order valence-electron chi connectivity index (χ0n) is 22.7. The van der Waals surface area contributed by atoms with Crippen molar-refractivity contribution in [2.45, 2.75) is 45.3 Å². The van der Waals surface area contributed by atoms with Gasteiger partial charge in [0.15, 0.2) is 0 Å². The summed E-state index contributed by atoms with van der Waals surface area (Å²) in [6.07, 6.45) is 1.18. The van der Waals surface area contributed by atoms with Crippen LogP contribution < -0.4 is 9.62 Å². The molecule has 1 N–H and O–H groups in total. The predicted octanol–water partition coefficient (Wildman–Crippen LogP) is 5.97. The van der Waals surface area contributed by atoms with E-state index in [-0.39, 0.29) is 18.7 Å². The van der Waals surface area contributed by atoms with Crippen LogP contribution in [0.4, 0.5) is 5.69 Å². The van der Waals surface area contributed by atoms with Gasteiger partial charge in [-0.25, -0.2) is 8.42 Å². The number of benzene rings is 3. The van der Waals surface area contributed by atoms with Crippen molar-refractivity contribution in [3.05, 3.63) is 99.0 Å². The summed E-state index contributed by atoms with van der Waals surface area (Å²) in [7, 11) is -3.91. The summed E-state index contributed by atoms with van der Waals surface area (Å²) in [5.74, 6) is -1.02. The van der Waals surface area contributed by atoms with Crippen molar-refractivity contribution >= 4 is 62.3 Å². The molecule has 0 saturated carbocycles. The van der Waals surface area contributed by atoms with Crippen molar-refractivity contribution in [2.24, 2.45) is 0 Å². The van der Waals surface area contributed by atoms with Crippen molar-refractivity contribution in [1.82, 2.24) is 10.2 Å². The van der Waals surface area contributed by atoms with Crippen molar-refractivity contribution in [3.8, 4) is 0 Å². The maximum atomic E-state index is 14.1. The number of carbonyl (C=O) groups excluding carboxylic acids is 2. The second kappa shape index (κ2) is 13.3. The average molecular weight is 625 g/mol. The van der Waals surface area contributed by atoms with Crippen LogP contribution in [0.15, 0.2) is 72.8 Å². The first-order chi connectivity index (χ1) is 18.7. The normalized spacial score (nSPS) is 12.5. The van der Waals surface area contributed by atoms with Gasteiger partial charge >= 0.3 is 0 Å². The Kier molecular flexibility index (Phi) is 10.5. The first kappa shape index (κ1) is 31.7. The van der Waals surface area contributed by atoms with Gasteiger partial charge in [-0.3, -0.25) is 13.9 Å². The van der Waals surface area contributed by atoms with Crippen LogP contribution in [0.5, 0.6) is 0 Å². The average Bonchev–Trinajstić information content (AvgIpc) is 2.85. The summed E-state index contributed by atoms with van der Waals surface area (Å²) in [4.78, 5) is 29.2. The van der Waals surface area contributed by atoms with E-state index in [9.17, 15) is 18.0 Å². The highest BCUT2D eigenvalue weighted by atomic mass is 35.5. The molecule has 3 rings (SSSR count). The van der Waals surface area contributed by atoms with Gasteiger partial charge in [-0.2, -0.15) is 0 Å². The van der Waals surface area contributed by atoms with E-state index in [1.807, 2.05) is 51.1 Å². The number of nitrogens with one attached hydrogen (secondary N) is 1. The molecule has 0 saturated heterocycles. The van der Waals surface area contributed by atoms with E-state index in [2.05, 4.69) is 5.32 Å². The highest BCUT2D eigenvalue weighted by molar-refractivity contribution is 7.92. The van der Waals surface area contributed by atoms with Gasteiger partial charge in [-0.05, 0) is 56.7 Å². The predicted molar refractivity (Wildman–Crippen MR) is 162 cm³/mol. The SMILES string of the molecule is CC(C)(C)NC(=O)[C@@H](Cc1ccccc1)N(Cc1c(Cl)cccc1Cl)C(=O)CN(c1cccc(Cl)c1)S(C)(=O)=O. The number of rotatable bonds is 10. The molecule has 0 radical (unpaired) electrons. The number of amides is 2. The lowest BCUT2D eigenvalue weighted by atomic mass is 10.0. The number of anilines is 1. The maximum absolute atomic E-state index is 14.1. The van der Waals surface area contributed by atoms with Crippen LogP contribution in [-0.4, -0.2) is 49.5 Å². The fraction of sp³-hybridized carbons (Fsp3) is 0.310. The molecule has 0 aliphatic rings. The van der Waals surface area contributed by atoms with Gasteiger partial charge < -0.3 is 10.2 Å². The molecule has 0 aromatic heterocycles. The number of nitrogens with zero attached hydrogens (tertiary/aromatic N) is 2. The quantitative estimate of drug-likeness (QED) is 0.301. The molecule has 7 nitrogen and oxygen atoms in total. The Labute approximate surface area is 251 Å². The molecule has 214 valence electrons. The lowest BCUT2D eigenvalue weighted by Crippen LogP contribution is -2.56. The van der Waals surface area contributed by atoms with Crippen molar-refractivity contribution in [3.63, 3.8) is 0 Å². The fourth-order valence-corrected chi connectivity index (χ4v) is 5.65. The highest BCUT2D eigenvalue weighted by Crippen LogP contribution is 2.28. The second-order valence-electron chi connectivity index (χ2n) is 10.4. The van der Waals surface area contributed by atoms with Crippen LogP contribution in [-0.2, 0) is 32.6 Å². The van der Waals surface area contributed by atoms with E-state index < -0.39 is 40.0 Å². The minimum Gasteiger partial charge on any atom is -0.350 e. The third-order valence-corrected chi connectivity index (χ3v) is 8.02. The first-order valence-electron chi connectivity index (χ1n) is 12.5. The smallest absolute Gasteiger partial charge is 0.244 e. The Morgan fingerprint density at radius 3 is 2.05 bits per heavy atom. The summed E-state index contributed by atoms with van der Waals surface area (Å²) in [6.45, 7) is 4.82. The molecule has 0 aliphatic heterocycles. The molecule has 0 fully saturated rings. The summed E-state index contributed by atoms with van der Waals surface area (Å²) in [5.41, 5.74) is 0.879. The highest BCUT2D eigenvalue weighted by Gasteiger charge is 2.35. The van der Waals surface area contributed by atoms with Gasteiger partial charge in [-0.15, -0.1) is 0 Å². The van der Waals surface area contributed by atoms with E-state index in [1.165, 1.54) is 11.0 Å². The van der Waals surface area contributed by atoms with E-state index in [0.717, 1.165) is 16.1 Å². The van der Waals surface area contributed by atoms with Gasteiger partial charge in [0.1, 0.15) is 12.6 Å². The topological polar surface area (TPSA) is 86.8 Å². The number of hydrogen-bond acceptors (Lipinski definition) is 4. The van der Waals surface area contributed by atoms with Crippen LogP contribution >= 0.6 is 34.8 Å². The monoisotopic (exact) mass is 623 g/mol. The minimum absolute atomic E-state index is 0.125. The Hall–Kier alpha value is -2.78. The molecule has 1 atom stereocenters. The van der Waals surface area contributed by atoms with E-state index in [1.54, 1.807) is 36.4 Å². The molecule has 0 spiro atoms. The maximum Gasteiger partial charge on any atom is 0.244 e. The largest absolute Gasteiger partial charge is 0.350 e. The lowest BCUT2D eigenvalue weighted by Gasteiger charge is -2.35. The molecule has 3 aromatic carbocycles. The van der Waals surface area contributed by atoms with Gasteiger partial charge in [0.2, 0.25) is 21.8 Å². The molecule has 2 amide bonds. The second-order valence-corrected chi connectivity index (χ2v) is 13.6. The molecular weight excluding hydrogens is 593 g/mol. The van der Waals surface area contributed by atoms with Crippen LogP contribution in [0, 0.1) is 0 Å². The third kappa shape index (κ3) is 8.86. The molecule has 0 heterocycles. The Balaban J connectivity index is 2.12. The Morgan fingerprint density at radius 2 is 1.50 bits per heavy atom. The van der Waals surface area contributed by atoms with Gasteiger partial charge in [0, 0.05) is 39.1 Å². The van der Waals surface area contributed by atoms with Crippen LogP contribution in [0.2, 0.25) is 15.1 Å².